The van der Waals surface area contributed by atoms with E-state index in [9.17, 15) is 0 Å². The fourth-order valence-corrected chi connectivity index (χ4v) is 6.24. The van der Waals surface area contributed by atoms with E-state index in [0.29, 0.717) is 0 Å². The van der Waals surface area contributed by atoms with E-state index in [0.717, 1.165) is 31.8 Å². The van der Waals surface area contributed by atoms with Crippen molar-refractivity contribution in [1.29, 1.82) is 0 Å². The van der Waals surface area contributed by atoms with Gasteiger partial charge in [-0.1, -0.05) is 46.6 Å². The van der Waals surface area contributed by atoms with Gasteiger partial charge in [0.25, 0.3) is 0 Å². The third-order valence-electron chi connectivity index (χ3n) is 5.54. The molecule has 1 radical (unpaired) electrons. The molecule has 0 atom stereocenters. The molecule has 0 saturated carbocycles. The Morgan fingerprint density at radius 1 is 0.933 bits per heavy atom. The molecule has 7 aromatic rings. The molecule has 0 unspecified atom stereocenters. The van der Waals surface area contributed by atoms with Gasteiger partial charge in [0.1, 0.15) is 5.52 Å². The van der Waals surface area contributed by atoms with Gasteiger partial charge < -0.3 is 4.57 Å². The Balaban J connectivity index is 0.00000175. The summed E-state index contributed by atoms with van der Waals surface area (Å²) in [5.74, 6) is 0. The molecule has 0 spiro atoms. The third kappa shape index (κ3) is 2.23. The number of hydrogen-bond donors (Lipinski definition) is 0. The van der Waals surface area contributed by atoms with Gasteiger partial charge in [-0.2, -0.15) is 5.10 Å². The second-order valence-electron chi connectivity index (χ2n) is 7.15. The third-order valence-corrected chi connectivity index (χ3v) is 7.38. The predicted molar refractivity (Wildman–Crippen MR) is 122 cm³/mol. The first-order valence-corrected chi connectivity index (χ1v) is 11.0. The Kier molecular flexibility index (Phi) is 3.92. The van der Waals surface area contributed by atoms with Crippen LogP contribution in [0.2, 0.25) is 0 Å². The number of nitrogens with zero attached hydrogens (tertiary/aromatic N) is 4. The summed E-state index contributed by atoms with van der Waals surface area (Å²) >= 11 is 3.41. The Morgan fingerprint density at radius 2 is 1.63 bits per heavy atom. The molecule has 7 heteroatoms. The number of aromatic nitrogens is 4. The van der Waals surface area contributed by atoms with Crippen molar-refractivity contribution >= 4 is 70.4 Å². The quantitative estimate of drug-likeness (QED) is 0.205. The summed E-state index contributed by atoms with van der Waals surface area (Å²) < 4.78 is 6.69. The smallest absolute Gasteiger partial charge is 0.105 e. The van der Waals surface area contributed by atoms with Crippen LogP contribution in [0.3, 0.4) is 0 Å². The fraction of sp³-hybridized carbons (Fsp3) is 0.0435. The number of thiophene rings is 1. The molecule has 7 rings (SSSR count). The van der Waals surface area contributed by atoms with Crippen LogP contribution in [-0.4, -0.2) is 19.2 Å². The van der Waals surface area contributed by atoms with E-state index in [4.69, 9.17) is 10.1 Å². The second-order valence-corrected chi connectivity index (χ2v) is 9.23. The van der Waals surface area contributed by atoms with Crippen molar-refractivity contribution in [3.63, 3.8) is 0 Å². The summed E-state index contributed by atoms with van der Waals surface area (Å²) in [5, 5.41) is 7.31. The van der Waals surface area contributed by atoms with Gasteiger partial charge in [-0.15, -0.1) is 16.2 Å². The summed E-state index contributed by atoms with van der Waals surface area (Å²) in [7, 11) is 0. The SMILES string of the molecule is Cc1[c-]c2c(s1)c1ncsc1c1c(-n3c4ccccc4c4ccccc43)cnn21.[Ir]. The van der Waals surface area contributed by atoms with Gasteiger partial charge in [0, 0.05) is 36.4 Å². The summed E-state index contributed by atoms with van der Waals surface area (Å²) in [4.78, 5) is 5.84. The van der Waals surface area contributed by atoms with Crippen molar-refractivity contribution in [3.05, 3.63) is 71.2 Å². The minimum atomic E-state index is 0. The molecule has 0 saturated heterocycles. The summed E-state index contributed by atoms with van der Waals surface area (Å²) in [6.07, 6.45) is 1.98. The van der Waals surface area contributed by atoms with E-state index in [1.165, 1.54) is 26.5 Å². The zero-order valence-corrected chi connectivity index (χ0v) is 19.7. The maximum Gasteiger partial charge on any atom is 0.105 e. The molecule has 0 N–H and O–H groups in total. The van der Waals surface area contributed by atoms with Crippen LogP contribution in [-0.2, 0) is 20.1 Å². The van der Waals surface area contributed by atoms with Crippen LogP contribution in [0.1, 0.15) is 4.88 Å². The molecule has 5 heterocycles. The standard InChI is InChI=1S/C23H13N4S2.Ir/c1-13-10-18-22(29-13)20-23(28-12-24-20)21-19(11-25-27(18)21)26-16-8-4-2-6-14(16)15-7-3-5-9-17(15)26;/h2-9,11-12H,1H3;/q-1;. The average molecular weight is 602 g/mol. The number of thiazole rings is 1. The number of hydrogen-bond acceptors (Lipinski definition) is 4. The normalized spacial score (nSPS) is 11.9. The second kappa shape index (κ2) is 6.46. The number of pyridine rings is 1. The largest absolute Gasteiger partial charge is 0.306 e. The zero-order chi connectivity index (χ0) is 19.1. The van der Waals surface area contributed by atoms with Crippen molar-refractivity contribution in [1.82, 2.24) is 19.2 Å². The monoisotopic (exact) mass is 602 g/mol. The first-order chi connectivity index (χ1) is 14.3. The minimum Gasteiger partial charge on any atom is -0.306 e. The number of rotatable bonds is 1. The first kappa shape index (κ1) is 18.2. The summed E-state index contributed by atoms with van der Waals surface area (Å²) in [6.45, 7) is 2.09. The Bertz CT molecular complexity index is 1680. The van der Waals surface area contributed by atoms with E-state index in [1.807, 2.05) is 16.2 Å². The van der Waals surface area contributed by atoms with E-state index in [1.54, 1.807) is 22.7 Å². The molecular weight excluding hydrogens is 589 g/mol. The van der Waals surface area contributed by atoms with E-state index < -0.39 is 0 Å². The number of benzene rings is 2. The Morgan fingerprint density at radius 3 is 2.37 bits per heavy atom. The molecule has 2 aromatic carbocycles. The van der Waals surface area contributed by atoms with Crippen LogP contribution < -0.4 is 0 Å². The van der Waals surface area contributed by atoms with E-state index in [2.05, 4.69) is 66.1 Å². The van der Waals surface area contributed by atoms with Gasteiger partial charge >= 0.3 is 0 Å². The molecule has 0 fully saturated rings. The van der Waals surface area contributed by atoms with Gasteiger partial charge in [-0.25, -0.2) is 6.07 Å². The topological polar surface area (TPSA) is 35.1 Å². The van der Waals surface area contributed by atoms with Crippen LogP contribution >= 0.6 is 22.7 Å². The fourth-order valence-electron chi connectivity index (χ4n) is 4.40. The van der Waals surface area contributed by atoms with Crippen molar-refractivity contribution in [2.24, 2.45) is 0 Å². The molecule has 147 valence electrons. The van der Waals surface area contributed by atoms with Crippen molar-refractivity contribution in [2.45, 2.75) is 6.92 Å². The number of fused-ring (bicyclic) bond motifs is 9. The summed E-state index contributed by atoms with van der Waals surface area (Å²) in [6, 6.07) is 20.6. The van der Waals surface area contributed by atoms with E-state index >= 15 is 0 Å². The molecule has 0 aliphatic carbocycles. The van der Waals surface area contributed by atoms with E-state index in [-0.39, 0.29) is 20.1 Å². The Hall–Kier alpha value is -2.57. The Labute approximate surface area is 192 Å². The van der Waals surface area contributed by atoms with Gasteiger partial charge in [0.05, 0.1) is 33.1 Å². The molecule has 0 bridgehead atoms. The maximum atomic E-state index is 4.81. The predicted octanol–water partition coefficient (Wildman–Crippen LogP) is 6.36. The van der Waals surface area contributed by atoms with Gasteiger partial charge in [-0.3, -0.25) is 20.8 Å². The molecule has 0 aliphatic rings. The first-order valence-electron chi connectivity index (χ1n) is 9.35. The molecular formula is C23H13IrN4S2-. The molecule has 4 nitrogen and oxygen atoms in total. The van der Waals surface area contributed by atoms with Crippen molar-refractivity contribution in [3.8, 4) is 5.69 Å². The summed E-state index contributed by atoms with van der Waals surface area (Å²) in [5.41, 5.74) is 8.54. The minimum absolute atomic E-state index is 0. The van der Waals surface area contributed by atoms with Crippen molar-refractivity contribution in [2.75, 3.05) is 0 Å². The van der Waals surface area contributed by atoms with Gasteiger partial charge in [-0.05, 0) is 19.1 Å². The van der Waals surface area contributed by atoms with Crippen LogP contribution in [0.4, 0.5) is 0 Å². The van der Waals surface area contributed by atoms with Crippen LogP contribution in [0.25, 0.3) is 53.4 Å². The number of aryl methyl sites for hydroxylation is 1. The maximum absolute atomic E-state index is 4.81. The van der Waals surface area contributed by atoms with Crippen molar-refractivity contribution < 1.29 is 20.1 Å². The van der Waals surface area contributed by atoms with Crippen LogP contribution in [0, 0.1) is 13.0 Å². The average Bonchev–Trinajstić information content (AvgIpc) is 3.50. The molecule has 30 heavy (non-hydrogen) atoms. The zero-order valence-electron chi connectivity index (χ0n) is 15.7. The molecule has 5 aromatic heterocycles. The van der Waals surface area contributed by atoms with Crippen LogP contribution in [0.5, 0.6) is 0 Å². The number of para-hydroxylation sites is 2. The van der Waals surface area contributed by atoms with Gasteiger partial charge in [0.2, 0.25) is 0 Å². The molecule has 0 amide bonds. The van der Waals surface area contributed by atoms with Crippen LogP contribution in [0.15, 0.2) is 60.2 Å². The molecule has 0 aliphatic heterocycles. The van der Waals surface area contributed by atoms with Gasteiger partial charge in [0.15, 0.2) is 0 Å².